The maximum atomic E-state index is 11.7. The molecule has 29 heavy (non-hydrogen) atoms. The lowest BCUT2D eigenvalue weighted by Gasteiger charge is -2.29. The Hall–Kier alpha value is -2.28. The molecule has 0 spiro atoms. The summed E-state index contributed by atoms with van der Waals surface area (Å²) in [4.78, 5) is 23.2. The molecule has 0 saturated heterocycles. The van der Waals surface area contributed by atoms with E-state index in [0.717, 1.165) is 24.8 Å². The average Bonchev–Trinajstić information content (AvgIpc) is 2.66. The average molecular weight is 411 g/mol. The highest BCUT2D eigenvalue weighted by Gasteiger charge is 2.29. The molecule has 0 amide bonds. The zero-order valence-corrected chi connectivity index (χ0v) is 17.8. The summed E-state index contributed by atoms with van der Waals surface area (Å²) < 4.78 is 16.1. The van der Waals surface area contributed by atoms with E-state index in [9.17, 15) is 19.8 Å². The number of hydrogen-bond donors (Lipinski definition) is 2. The maximum Gasteiger partial charge on any atom is 0.302 e. The zero-order chi connectivity index (χ0) is 21.8. The Bertz CT molecular complexity index is 644. The van der Waals surface area contributed by atoms with E-state index in [1.807, 2.05) is 0 Å². The number of rotatable bonds is 13. The zero-order valence-electron chi connectivity index (χ0n) is 17.8. The van der Waals surface area contributed by atoms with Gasteiger partial charge in [0, 0.05) is 32.8 Å². The molecule has 0 heterocycles. The third-order valence-corrected chi connectivity index (χ3v) is 4.78. The molecule has 0 unspecified atom stereocenters. The number of esters is 2. The summed E-state index contributed by atoms with van der Waals surface area (Å²) in [5.41, 5.74) is 0.825. The number of carbonyl (C=O) groups excluding carboxylic acids is 2. The molecule has 0 fully saturated rings. The number of aliphatic hydroxyl groups excluding tert-OH is 1. The number of hydrogen-bond acceptors (Lipinski definition) is 7. The maximum absolute atomic E-state index is 11.7. The van der Waals surface area contributed by atoms with Gasteiger partial charge in [-0.3, -0.25) is 9.59 Å². The number of phenolic OH excluding ortho intramolecular Hbond substituents is 1. The van der Waals surface area contributed by atoms with Crippen molar-refractivity contribution in [2.45, 2.75) is 71.5 Å². The molecule has 3 atom stereocenters. The van der Waals surface area contributed by atoms with Crippen LogP contribution < -0.4 is 4.74 Å². The van der Waals surface area contributed by atoms with E-state index in [1.165, 1.54) is 27.0 Å². The monoisotopic (exact) mass is 410 g/mol. The second-order valence-corrected chi connectivity index (χ2v) is 7.26. The van der Waals surface area contributed by atoms with Crippen LogP contribution in [-0.2, 0) is 25.5 Å². The van der Waals surface area contributed by atoms with Crippen LogP contribution in [-0.4, -0.2) is 48.1 Å². The van der Waals surface area contributed by atoms with Gasteiger partial charge in [-0.2, -0.15) is 0 Å². The van der Waals surface area contributed by atoms with Crippen LogP contribution in [0, 0.1) is 5.92 Å². The predicted octanol–water partition coefficient (Wildman–Crippen LogP) is 3.39. The van der Waals surface area contributed by atoms with E-state index >= 15 is 0 Å². The minimum Gasteiger partial charge on any atom is -0.504 e. The lowest BCUT2D eigenvalue weighted by atomic mass is 9.90. The Labute approximate surface area is 173 Å². The Morgan fingerprint density at radius 1 is 1.10 bits per heavy atom. The lowest BCUT2D eigenvalue weighted by Crippen LogP contribution is -2.35. The van der Waals surface area contributed by atoms with Crippen molar-refractivity contribution < 1.29 is 34.0 Å². The number of ether oxygens (including phenoxy) is 3. The van der Waals surface area contributed by atoms with Crippen molar-refractivity contribution in [3.63, 3.8) is 0 Å². The van der Waals surface area contributed by atoms with E-state index in [1.54, 1.807) is 12.1 Å². The van der Waals surface area contributed by atoms with Gasteiger partial charge in [-0.05, 0) is 37.0 Å². The molecule has 0 aromatic heterocycles. The first-order valence-corrected chi connectivity index (χ1v) is 10.1. The molecule has 0 radical (unpaired) electrons. The molecule has 0 aliphatic carbocycles. The first-order chi connectivity index (χ1) is 13.8. The van der Waals surface area contributed by atoms with Crippen LogP contribution in [0.4, 0.5) is 0 Å². The summed E-state index contributed by atoms with van der Waals surface area (Å²) in [6, 6.07) is 4.94. The molecule has 0 aliphatic rings. The van der Waals surface area contributed by atoms with E-state index in [4.69, 9.17) is 14.2 Å². The third-order valence-electron chi connectivity index (χ3n) is 4.78. The minimum atomic E-state index is -0.608. The van der Waals surface area contributed by atoms with Crippen molar-refractivity contribution >= 4 is 11.9 Å². The van der Waals surface area contributed by atoms with Crippen molar-refractivity contribution in [2.75, 3.05) is 13.7 Å². The van der Waals surface area contributed by atoms with Gasteiger partial charge < -0.3 is 24.4 Å². The SMILES string of the molecule is CCCCC[C@H](C[C@@H](OC(C)=O)[C@H](CO)Cc1ccc(O)c(OC)c1)OC(C)=O. The van der Waals surface area contributed by atoms with Crippen molar-refractivity contribution in [2.24, 2.45) is 5.92 Å². The van der Waals surface area contributed by atoms with Crippen molar-refractivity contribution in [1.82, 2.24) is 0 Å². The molecular formula is C22H34O7. The van der Waals surface area contributed by atoms with Gasteiger partial charge in [0.1, 0.15) is 12.2 Å². The van der Waals surface area contributed by atoms with Crippen LogP contribution in [0.25, 0.3) is 0 Å². The van der Waals surface area contributed by atoms with Gasteiger partial charge in [-0.25, -0.2) is 0 Å². The summed E-state index contributed by atoms with van der Waals surface area (Å²) in [5, 5.41) is 19.7. The summed E-state index contributed by atoms with van der Waals surface area (Å²) in [7, 11) is 1.46. The standard InChI is InChI=1S/C22H34O7/c1-5-6-7-8-19(28-15(2)24)13-21(29-16(3)25)18(14-23)11-17-9-10-20(26)22(12-17)27-4/h9-10,12,18-19,21,23,26H,5-8,11,13-14H2,1-4H3/t18-,19+,21+/m0/s1. The summed E-state index contributed by atoms with van der Waals surface area (Å²) >= 11 is 0. The molecule has 2 N–H and O–H groups in total. The number of aliphatic hydroxyl groups is 1. The number of benzene rings is 1. The predicted molar refractivity (Wildman–Crippen MR) is 109 cm³/mol. The van der Waals surface area contributed by atoms with Gasteiger partial charge >= 0.3 is 11.9 Å². The Morgan fingerprint density at radius 3 is 2.34 bits per heavy atom. The molecule has 0 saturated carbocycles. The largest absolute Gasteiger partial charge is 0.504 e. The van der Waals surface area contributed by atoms with Crippen molar-refractivity contribution in [1.29, 1.82) is 0 Å². The van der Waals surface area contributed by atoms with Crippen LogP contribution in [0.3, 0.4) is 0 Å². The molecule has 1 rings (SSSR count). The van der Waals surface area contributed by atoms with Gasteiger partial charge in [0.05, 0.1) is 7.11 Å². The molecular weight excluding hydrogens is 376 g/mol. The highest BCUT2D eigenvalue weighted by molar-refractivity contribution is 5.66. The van der Waals surface area contributed by atoms with Crippen molar-refractivity contribution in [3.05, 3.63) is 23.8 Å². The second kappa shape index (κ2) is 13.0. The molecule has 7 heteroatoms. The third kappa shape index (κ3) is 9.17. The van der Waals surface area contributed by atoms with Gasteiger partial charge in [-0.1, -0.05) is 25.8 Å². The molecule has 7 nitrogen and oxygen atoms in total. The summed E-state index contributed by atoms with van der Waals surface area (Å²) in [6.07, 6.45) is 3.39. The molecule has 164 valence electrons. The van der Waals surface area contributed by atoms with E-state index in [0.29, 0.717) is 25.0 Å². The van der Waals surface area contributed by atoms with Crippen LogP contribution >= 0.6 is 0 Å². The first kappa shape index (κ1) is 24.8. The van der Waals surface area contributed by atoms with Crippen LogP contribution in [0.15, 0.2) is 18.2 Å². The number of unbranched alkanes of at least 4 members (excludes halogenated alkanes) is 2. The smallest absolute Gasteiger partial charge is 0.302 e. The quantitative estimate of drug-likeness (QED) is 0.380. The second-order valence-electron chi connectivity index (χ2n) is 7.26. The van der Waals surface area contributed by atoms with Crippen molar-refractivity contribution in [3.8, 4) is 11.5 Å². The Balaban J connectivity index is 2.98. The summed E-state index contributed by atoms with van der Waals surface area (Å²) in [6.45, 7) is 4.57. The molecule has 1 aromatic rings. The van der Waals surface area contributed by atoms with Gasteiger partial charge in [0.15, 0.2) is 11.5 Å². The fourth-order valence-corrected chi connectivity index (χ4v) is 3.36. The van der Waals surface area contributed by atoms with E-state index in [-0.39, 0.29) is 24.4 Å². The van der Waals surface area contributed by atoms with Crippen LogP contribution in [0.5, 0.6) is 11.5 Å². The minimum absolute atomic E-state index is 0.0270. The summed E-state index contributed by atoms with van der Waals surface area (Å²) in [5.74, 6) is -0.860. The van der Waals surface area contributed by atoms with Gasteiger partial charge in [-0.15, -0.1) is 0 Å². The topological polar surface area (TPSA) is 102 Å². The van der Waals surface area contributed by atoms with Gasteiger partial charge in [0.2, 0.25) is 0 Å². The normalized spacial score (nSPS) is 14.0. The molecule has 0 bridgehead atoms. The number of carbonyl (C=O) groups is 2. The number of methoxy groups -OCH3 is 1. The first-order valence-electron chi connectivity index (χ1n) is 10.1. The van der Waals surface area contributed by atoms with E-state index in [2.05, 4.69) is 6.92 Å². The highest BCUT2D eigenvalue weighted by atomic mass is 16.6. The molecule has 0 aliphatic heterocycles. The Kier molecular flexibility index (Phi) is 11.1. The van der Waals surface area contributed by atoms with Crippen LogP contribution in [0.2, 0.25) is 0 Å². The number of phenols is 1. The van der Waals surface area contributed by atoms with Crippen LogP contribution in [0.1, 0.15) is 58.4 Å². The van der Waals surface area contributed by atoms with Gasteiger partial charge in [0.25, 0.3) is 0 Å². The fourth-order valence-electron chi connectivity index (χ4n) is 3.36. The fraction of sp³-hybridized carbons (Fsp3) is 0.636. The highest BCUT2D eigenvalue weighted by Crippen LogP contribution is 2.29. The molecule has 1 aromatic carbocycles. The van der Waals surface area contributed by atoms with E-state index < -0.39 is 18.0 Å². The lowest BCUT2D eigenvalue weighted by molar-refractivity contribution is -0.156. The Morgan fingerprint density at radius 2 is 1.79 bits per heavy atom. The number of aromatic hydroxyl groups is 1.